The average Bonchev–Trinajstić information content (AvgIpc) is 2.65. The maximum absolute atomic E-state index is 13.4. The van der Waals surface area contributed by atoms with Crippen LogP contribution >= 0.6 is 0 Å². The van der Waals surface area contributed by atoms with Gasteiger partial charge in [-0.25, -0.2) is 9.37 Å². The van der Waals surface area contributed by atoms with E-state index in [9.17, 15) is 4.39 Å². The van der Waals surface area contributed by atoms with E-state index in [1.165, 1.54) is 6.07 Å². The van der Waals surface area contributed by atoms with Gasteiger partial charge in [0.1, 0.15) is 11.6 Å². The molecule has 2 aromatic carbocycles. The number of hydrogen-bond acceptors (Lipinski definition) is 4. The van der Waals surface area contributed by atoms with Crippen molar-refractivity contribution < 1.29 is 4.39 Å². The Balaban J connectivity index is 1.87. The summed E-state index contributed by atoms with van der Waals surface area (Å²) >= 11 is 0. The van der Waals surface area contributed by atoms with Gasteiger partial charge in [0, 0.05) is 17.8 Å². The van der Waals surface area contributed by atoms with E-state index in [0.717, 1.165) is 11.3 Å². The molecule has 5 heteroatoms. The lowest BCUT2D eigenvalue weighted by atomic mass is 10.1. The van der Waals surface area contributed by atoms with E-state index in [0.29, 0.717) is 29.4 Å². The summed E-state index contributed by atoms with van der Waals surface area (Å²) in [5.74, 6) is 7.03. The molecular weight excluding hydrogens is 327 g/mol. The van der Waals surface area contributed by atoms with Gasteiger partial charge in [0.25, 0.3) is 0 Å². The molecule has 0 bridgehead atoms. The first-order valence-corrected chi connectivity index (χ1v) is 8.37. The molecule has 1 aromatic heterocycles. The van der Waals surface area contributed by atoms with Crippen molar-refractivity contribution in [3.63, 3.8) is 0 Å². The van der Waals surface area contributed by atoms with Crippen LogP contribution in [0.3, 0.4) is 0 Å². The molecule has 4 nitrogen and oxygen atoms in total. The summed E-state index contributed by atoms with van der Waals surface area (Å²) < 4.78 is 13.4. The van der Waals surface area contributed by atoms with Gasteiger partial charge in [-0.15, -0.1) is 0 Å². The molecule has 1 heterocycles. The highest BCUT2D eigenvalue weighted by Gasteiger charge is 2.05. The number of rotatable bonds is 4. The summed E-state index contributed by atoms with van der Waals surface area (Å²) in [5.41, 5.74) is 2.92. The predicted molar refractivity (Wildman–Crippen MR) is 103 cm³/mol. The van der Waals surface area contributed by atoms with Gasteiger partial charge in [-0.3, -0.25) is 0 Å². The van der Waals surface area contributed by atoms with Crippen LogP contribution in [-0.2, 0) is 0 Å². The summed E-state index contributed by atoms with van der Waals surface area (Å²) in [7, 11) is 0. The third-order valence-corrected chi connectivity index (χ3v) is 3.66. The molecule has 26 heavy (non-hydrogen) atoms. The highest BCUT2D eigenvalue weighted by atomic mass is 19.1. The van der Waals surface area contributed by atoms with Crippen LogP contribution in [0.4, 0.5) is 21.8 Å². The molecule has 130 valence electrons. The minimum absolute atomic E-state index is 0.233. The number of aromatic nitrogens is 2. The molecule has 0 saturated carbocycles. The van der Waals surface area contributed by atoms with E-state index < -0.39 is 0 Å². The fourth-order valence-corrected chi connectivity index (χ4v) is 2.35. The maximum Gasteiger partial charge on any atom is 0.229 e. The van der Waals surface area contributed by atoms with Gasteiger partial charge in [-0.2, -0.15) is 4.98 Å². The summed E-state index contributed by atoms with van der Waals surface area (Å²) in [6.07, 6.45) is 1.68. The van der Waals surface area contributed by atoms with Gasteiger partial charge in [0.15, 0.2) is 0 Å². The molecule has 0 radical (unpaired) electrons. The Labute approximate surface area is 152 Å². The van der Waals surface area contributed by atoms with E-state index in [1.807, 2.05) is 37.3 Å². The van der Waals surface area contributed by atoms with Crippen LogP contribution in [0.5, 0.6) is 0 Å². The Morgan fingerprint density at radius 3 is 2.62 bits per heavy atom. The molecule has 0 amide bonds. The number of hydrogen-bond donors (Lipinski definition) is 2. The minimum Gasteiger partial charge on any atom is -0.369 e. The summed E-state index contributed by atoms with van der Waals surface area (Å²) in [6, 6.07) is 14.5. The Bertz CT molecular complexity index is 959. The van der Waals surface area contributed by atoms with E-state index in [1.54, 1.807) is 25.3 Å². The Morgan fingerprint density at radius 2 is 1.88 bits per heavy atom. The molecule has 0 aliphatic carbocycles. The van der Waals surface area contributed by atoms with E-state index in [4.69, 9.17) is 0 Å². The second-order valence-electron chi connectivity index (χ2n) is 5.69. The molecule has 3 rings (SSSR count). The summed E-state index contributed by atoms with van der Waals surface area (Å²) in [4.78, 5) is 8.84. The zero-order chi connectivity index (χ0) is 18.4. The molecule has 0 spiro atoms. The molecule has 0 fully saturated rings. The molecule has 0 unspecified atom stereocenters. The van der Waals surface area contributed by atoms with Gasteiger partial charge in [0.05, 0.1) is 11.8 Å². The lowest BCUT2D eigenvalue weighted by Gasteiger charge is -2.09. The van der Waals surface area contributed by atoms with Crippen LogP contribution < -0.4 is 10.6 Å². The molecular formula is C21H19FN4. The molecule has 0 aliphatic rings. The summed E-state index contributed by atoms with van der Waals surface area (Å²) in [6.45, 7) is 4.43. The lowest BCUT2D eigenvalue weighted by Crippen LogP contribution is -2.06. The van der Waals surface area contributed by atoms with Crippen LogP contribution in [0, 0.1) is 24.6 Å². The van der Waals surface area contributed by atoms with Crippen LogP contribution in [0.15, 0.2) is 54.7 Å². The van der Waals surface area contributed by atoms with Crippen molar-refractivity contribution in [1.82, 2.24) is 9.97 Å². The minimum atomic E-state index is -0.233. The largest absolute Gasteiger partial charge is 0.369 e. The third-order valence-electron chi connectivity index (χ3n) is 3.66. The fraction of sp³-hybridized carbons (Fsp3) is 0.143. The number of para-hydroxylation sites is 1. The highest BCUT2D eigenvalue weighted by Crippen LogP contribution is 2.17. The molecule has 0 aliphatic heterocycles. The van der Waals surface area contributed by atoms with Crippen LogP contribution in [0.25, 0.3) is 0 Å². The van der Waals surface area contributed by atoms with Crippen LogP contribution in [0.2, 0.25) is 0 Å². The van der Waals surface area contributed by atoms with E-state index in [-0.39, 0.29) is 5.82 Å². The van der Waals surface area contributed by atoms with Gasteiger partial charge >= 0.3 is 0 Å². The Hall–Kier alpha value is -3.39. The fourth-order valence-electron chi connectivity index (χ4n) is 2.35. The number of nitrogens with one attached hydrogen (secondary N) is 2. The standard InChI is InChI=1S/C21H19FN4/c1-3-23-20-17(11-9-16-10-12-19(22)15(2)13-16)14-24-21(26-20)25-18-7-5-4-6-8-18/h4-8,10,12-14H,3H2,1-2H3,(H2,23,24,25,26). The number of halogens is 1. The smallest absolute Gasteiger partial charge is 0.229 e. The Kier molecular flexibility index (Phi) is 5.45. The Morgan fingerprint density at radius 1 is 1.08 bits per heavy atom. The number of anilines is 3. The van der Waals surface area contributed by atoms with Crippen LogP contribution in [0.1, 0.15) is 23.6 Å². The molecule has 2 N–H and O–H groups in total. The van der Waals surface area contributed by atoms with Crippen molar-refractivity contribution in [3.8, 4) is 11.8 Å². The van der Waals surface area contributed by atoms with Crippen molar-refractivity contribution in [3.05, 3.63) is 77.2 Å². The second kappa shape index (κ2) is 8.13. The van der Waals surface area contributed by atoms with Crippen molar-refractivity contribution >= 4 is 17.5 Å². The first-order chi connectivity index (χ1) is 12.7. The topological polar surface area (TPSA) is 49.8 Å². The zero-order valence-corrected chi connectivity index (χ0v) is 14.7. The quantitative estimate of drug-likeness (QED) is 0.683. The molecule has 0 atom stereocenters. The van der Waals surface area contributed by atoms with Crippen LogP contribution in [-0.4, -0.2) is 16.5 Å². The zero-order valence-electron chi connectivity index (χ0n) is 14.7. The summed E-state index contributed by atoms with van der Waals surface area (Å²) in [5, 5.41) is 6.37. The molecule has 0 saturated heterocycles. The normalized spacial score (nSPS) is 9.96. The van der Waals surface area contributed by atoms with Crippen molar-refractivity contribution in [2.45, 2.75) is 13.8 Å². The lowest BCUT2D eigenvalue weighted by molar-refractivity contribution is 0.618. The number of benzene rings is 2. The first-order valence-electron chi connectivity index (χ1n) is 8.37. The predicted octanol–water partition coefficient (Wildman–Crippen LogP) is 4.50. The highest BCUT2D eigenvalue weighted by molar-refractivity contribution is 5.60. The second-order valence-corrected chi connectivity index (χ2v) is 5.69. The van der Waals surface area contributed by atoms with Gasteiger partial charge < -0.3 is 10.6 Å². The third kappa shape index (κ3) is 4.37. The van der Waals surface area contributed by atoms with Crippen molar-refractivity contribution in [1.29, 1.82) is 0 Å². The van der Waals surface area contributed by atoms with E-state index in [2.05, 4.69) is 32.4 Å². The van der Waals surface area contributed by atoms with Gasteiger partial charge in [-0.1, -0.05) is 30.0 Å². The number of nitrogens with zero attached hydrogens (tertiary/aromatic N) is 2. The van der Waals surface area contributed by atoms with Crippen molar-refractivity contribution in [2.75, 3.05) is 17.2 Å². The molecule has 3 aromatic rings. The first kappa shape index (κ1) is 17.4. The number of aryl methyl sites for hydroxylation is 1. The SMILES string of the molecule is CCNc1nc(Nc2ccccc2)ncc1C#Cc1ccc(F)c(C)c1. The van der Waals surface area contributed by atoms with Gasteiger partial charge in [0.2, 0.25) is 5.95 Å². The average molecular weight is 346 g/mol. The van der Waals surface area contributed by atoms with Gasteiger partial charge in [-0.05, 0) is 49.7 Å². The van der Waals surface area contributed by atoms with Crippen molar-refractivity contribution in [2.24, 2.45) is 0 Å². The van der Waals surface area contributed by atoms with E-state index >= 15 is 0 Å². The maximum atomic E-state index is 13.4. The monoisotopic (exact) mass is 346 g/mol.